The minimum absolute atomic E-state index is 0.00510. The first-order chi connectivity index (χ1) is 12.0. The summed E-state index contributed by atoms with van der Waals surface area (Å²) in [6, 6.07) is 7.76. The predicted molar refractivity (Wildman–Crippen MR) is 88.9 cm³/mol. The van der Waals surface area contributed by atoms with Crippen molar-refractivity contribution in [3.8, 4) is 0 Å². The molecule has 1 saturated heterocycles. The number of hydrogen-bond acceptors (Lipinski definition) is 6. The highest BCUT2D eigenvalue weighted by Crippen LogP contribution is 2.40. The number of anilines is 1. The average Bonchev–Trinajstić information content (AvgIpc) is 3.33. The zero-order chi connectivity index (χ0) is 17.6. The lowest BCUT2D eigenvalue weighted by molar-refractivity contribution is 0.0323. The standard InChI is InChI=1S/C17H19N5O3/c1-17(8-22(9-17)16(24)13-14(18)21-25-20-13)19-15(23)12-4-2-3-11(7-12)10-5-6-10/h2-4,7,10H,5-6,8-9H2,1H3,(H2,18,21)(H,19,23). The molecular formula is C17H19N5O3. The fourth-order valence-corrected chi connectivity index (χ4v) is 3.21. The Morgan fingerprint density at radius 2 is 2.08 bits per heavy atom. The van der Waals surface area contributed by atoms with Gasteiger partial charge in [-0.05, 0) is 53.7 Å². The number of carbonyl (C=O) groups is 2. The van der Waals surface area contributed by atoms with Gasteiger partial charge in [-0.1, -0.05) is 12.1 Å². The molecule has 2 amide bonds. The van der Waals surface area contributed by atoms with Gasteiger partial charge >= 0.3 is 0 Å². The summed E-state index contributed by atoms with van der Waals surface area (Å²) in [5.41, 5.74) is 6.94. The second-order valence-corrected chi connectivity index (χ2v) is 7.07. The first-order valence-electron chi connectivity index (χ1n) is 8.25. The monoisotopic (exact) mass is 341 g/mol. The number of carbonyl (C=O) groups excluding carboxylic acids is 2. The number of nitrogens with zero attached hydrogens (tertiary/aromatic N) is 3. The van der Waals surface area contributed by atoms with Crippen LogP contribution in [0.2, 0.25) is 0 Å². The predicted octanol–water partition coefficient (Wildman–Crippen LogP) is 1.17. The van der Waals surface area contributed by atoms with E-state index >= 15 is 0 Å². The van der Waals surface area contributed by atoms with Gasteiger partial charge < -0.3 is 16.0 Å². The SMILES string of the molecule is CC1(NC(=O)c2cccc(C3CC3)c2)CN(C(=O)c2nonc2N)C1. The largest absolute Gasteiger partial charge is 0.379 e. The normalized spacial score (nSPS) is 18.5. The number of rotatable bonds is 4. The summed E-state index contributed by atoms with van der Waals surface area (Å²) in [4.78, 5) is 26.3. The number of benzene rings is 1. The van der Waals surface area contributed by atoms with Crippen LogP contribution in [0.4, 0.5) is 5.82 Å². The van der Waals surface area contributed by atoms with Crippen LogP contribution in [0.25, 0.3) is 0 Å². The summed E-state index contributed by atoms with van der Waals surface area (Å²) in [7, 11) is 0. The summed E-state index contributed by atoms with van der Waals surface area (Å²) in [6.07, 6.45) is 2.39. The molecule has 1 aliphatic carbocycles. The van der Waals surface area contributed by atoms with Crippen LogP contribution in [0.1, 0.15) is 52.1 Å². The van der Waals surface area contributed by atoms with Crippen LogP contribution in [0.3, 0.4) is 0 Å². The van der Waals surface area contributed by atoms with Crippen molar-refractivity contribution in [2.45, 2.75) is 31.2 Å². The Morgan fingerprint density at radius 3 is 2.72 bits per heavy atom. The third-order valence-electron chi connectivity index (χ3n) is 4.70. The third-order valence-corrected chi connectivity index (χ3v) is 4.70. The van der Waals surface area contributed by atoms with Crippen LogP contribution in [0.5, 0.6) is 0 Å². The molecule has 0 radical (unpaired) electrons. The van der Waals surface area contributed by atoms with Crippen molar-refractivity contribution in [2.24, 2.45) is 0 Å². The molecule has 2 aromatic rings. The van der Waals surface area contributed by atoms with Gasteiger partial charge in [0.25, 0.3) is 11.8 Å². The molecule has 8 nitrogen and oxygen atoms in total. The van der Waals surface area contributed by atoms with Crippen LogP contribution in [0.15, 0.2) is 28.9 Å². The first kappa shape index (κ1) is 15.6. The summed E-state index contributed by atoms with van der Waals surface area (Å²) in [5, 5.41) is 9.94. The molecule has 130 valence electrons. The molecule has 2 heterocycles. The Labute approximate surface area is 144 Å². The molecule has 1 saturated carbocycles. The molecule has 0 spiro atoms. The second-order valence-electron chi connectivity index (χ2n) is 7.07. The van der Waals surface area contributed by atoms with Gasteiger partial charge in [-0.2, -0.15) is 0 Å². The van der Waals surface area contributed by atoms with Crippen LogP contribution in [-0.2, 0) is 0 Å². The molecule has 0 bridgehead atoms. The molecule has 3 N–H and O–H groups in total. The van der Waals surface area contributed by atoms with Gasteiger partial charge in [0.2, 0.25) is 11.5 Å². The second kappa shape index (κ2) is 5.58. The van der Waals surface area contributed by atoms with Crippen LogP contribution in [-0.4, -0.2) is 45.7 Å². The Bertz CT molecular complexity index is 836. The van der Waals surface area contributed by atoms with Gasteiger partial charge in [-0.15, -0.1) is 0 Å². The summed E-state index contributed by atoms with van der Waals surface area (Å²) in [6.45, 7) is 2.67. The van der Waals surface area contributed by atoms with E-state index in [1.165, 1.54) is 18.4 Å². The lowest BCUT2D eigenvalue weighted by Crippen LogP contribution is -2.69. The highest BCUT2D eigenvalue weighted by Gasteiger charge is 2.44. The van der Waals surface area contributed by atoms with E-state index in [-0.39, 0.29) is 23.3 Å². The minimum atomic E-state index is -0.478. The minimum Gasteiger partial charge on any atom is -0.379 e. The van der Waals surface area contributed by atoms with Gasteiger partial charge in [-0.25, -0.2) is 4.63 Å². The number of amides is 2. The highest BCUT2D eigenvalue weighted by molar-refractivity contribution is 5.98. The van der Waals surface area contributed by atoms with Crippen molar-refractivity contribution in [3.05, 3.63) is 41.1 Å². The molecule has 4 rings (SSSR count). The van der Waals surface area contributed by atoms with E-state index in [1.54, 1.807) is 4.90 Å². The molecule has 1 aliphatic heterocycles. The van der Waals surface area contributed by atoms with Gasteiger partial charge in [0.15, 0.2) is 0 Å². The number of likely N-dealkylation sites (tertiary alicyclic amines) is 1. The number of nitrogen functional groups attached to an aromatic ring is 1. The topological polar surface area (TPSA) is 114 Å². The summed E-state index contributed by atoms with van der Waals surface area (Å²) in [5.74, 6) is 0.0992. The smallest absolute Gasteiger partial charge is 0.280 e. The average molecular weight is 341 g/mol. The van der Waals surface area contributed by atoms with E-state index in [4.69, 9.17) is 5.73 Å². The highest BCUT2D eigenvalue weighted by atomic mass is 16.6. The van der Waals surface area contributed by atoms with E-state index in [9.17, 15) is 9.59 Å². The Morgan fingerprint density at radius 1 is 1.32 bits per heavy atom. The Balaban J connectivity index is 1.38. The van der Waals surface area contributed by atoms with Crippen molar-refractivity contribution in [1.82, 2.24) is 20.5 Å². The molecule has 0 unspecified atom stereocenters. The molecule has 1 aromatic heterocycles. The maximum absolute atomic E-state index is 12.5. The summed E-state index contributed by atoms with van der Waals surface area (Å²) >= 11 is 0. The number of nitrogens with one attached hydrogen (secondary N) is 1. The zero-order valence-corrected chi connectivity index (χ0v) is 13.9. The molecule has 1 aromatic carbocycles. The van der Waals surface area contributed by atoms with Crippen molar-refractivity contribution in [2.75, 3.05) is 18.8 Å². The molecular weight excluding hydrogens is 322 g/mol. The van der Waals surface area contributed by atoms with Crippen molar-refractivity contribution in [3.63, 3.8) is 0 Å². The number of aromatic nitrogens is 2. The van der Waals surface area contributed by atoms with E-state index in [1.807, 2.05) is 25.1 Å². The lowest BCUT2D eigenvalue weighted by atomic mass is 9.91. The van der Waals surface area contributed by atoms with E-state index < -0.39 is 5.54 Å². The van der Waals surface area contributed by atoms with E-state index in [2.05, 4.69) is 26.3 Å². The summed E-state index contributed by atoms with van der Waals surface area (Å²) < 4.78 is 4.45. The quantitative estimate of drug-likeness (QED) is 0.863. The zero-order valence-electron chi connectivity index (χ0n) is 13.9. The molecule has 25 heavy (non-hydrogen) atoms. The fourth-order valence-electron chi connectivity index (χ4n) is 3.21. The van der Waals surface area contributed by atoms with Gasteiger partial charge in [0.1, 0.15) is 0 Å². The Hall–Kier alpha value is -2.90. The molecule has 2 fully saturated rings. The van der Waals surface area contributed by atoms with E-state index in [0.717, 1.165) is 0 Å². The number of nitrogens with two attached hydrogens (primary N) is 1. The Kier molecular flexibility index (Phi) is 3.48. The van der Waals surface area contributed by atoms with Gasteiger partial charge in [-0.3, -0.25) is 9.59 Å². The van der Waals surface area contributed by atoms with Crippen molar-refractivity contribution < 1.29 is 14.2 Å². The van der Waals surface area contributed by atoms with Crippen molar-refractivity contribution in [1.29, 1.82) is 0 Å². The van der Waals surface area contributed by atoms with Crippen LogP contribution < -0.4 is 11.1 Å². The third kappa shape index (κ3) is 2.95. The van der Waals surface area contributed by atoms with Gasteiger partial charge in [0.05, 0.1) is 5.54 Å². The molecule has 0 atom stereocenters. The lowest BCUT2D eigenvalue weighted by Gasteiger charge is -2.47. The first-order valence-corrected chi connectivity index (χ1v) is 8.25. The maximum Gasteiger partial charge on any atom is 0.280 e. The number of hydrogen-bond donors (Lipinski definition) is 2. The molecule has 8 heteroatoms. The van der Waals surface area contributed by atoms with Crippen molar-refractivity contribution >= 4 is 17.6 Å². The van der Waals surface area contributed by atoms with Crippen LogP contribution >= 0.6 is 0 Å². The maximum atomic E-state index is 12.5. The molecule has 2 aliphatic rings. The van der Waals surface area contributed by atoms with Gasteiger partial charge in [0, 0.05) is 18.7 Å². The fraction of sp³-hybridized carbons (Fsp3) is 0.412. The van der Waals surface area contributed by atoms with E-state index in [0.29, 0.717) is 24.6 Å². The van der Waals surface area contributed by atoms with Crippen LogP contribution in [0, 0.1) is 0 Å².